The average Bonchev–Trinajstić information content (AvgIpc) is 2.56. The number of benzene rings is 2. The van der Waals surface area contributed by atoms with Crippen LogP contribution in [0.1, 0.15) is 19.8 Å². The van der Waals surface area contributed by atoms with Crippen LogP contribution in [0.5, 0.6) is 0 Å². The first kappa shape index (κ1) is 16.7. The minimum atomic E-state index is -2.70. The molecule has 0 aliphatic heterocycles. The van der Waals surface area contributed by atoms with Crippen LogP contribution in [-0.4, -0.2) is 17.4 Å². The summed E-state index contributed by atoms with van der Waals surface area (Å²) < 4.78 is 13.6. The van der Waals surface area contributed by atoms with Gasteiger partial charge in [-0.3, -0.25) is 0 Å². The van der Waals surface area contributed by atoms with Gasteiger partial charge < -0.3 is 9.67 Å². The maximum Gasteiger partial charge on any atom is 0.146 e. The van der Waals surface area contributed by atoms with Gasteiger partial charge in [0, 0.05) is 16.8 Å². The molecule has 1 atom stereocenters. The molecule has 1 unspecified atom stereocenters. The normalized spacial score (nSPS) is 13.4. The van der Waals surface area contributed by atoms with E-state index in [0.29, 0.717) is 6.16 Å². The SMILES string of the molecule is CCCC(O)/C=C/CP(=O)(c1ccccc1)c1ccccc1. The second-order valence-corrected chi connectivity index (χ2v) is 8.25. The van der Waals surface area contributed by atoms with Gasteiger partial charge in [0.2, 0.25) is 0 Å². The number of aliphatic hydroxyl groups excluding tert-OH is 1. The molecule has 1 N–H and O–H groups in total. The summed E-state index contributed by atoms with van der Waals surface area (Å²) in [6, 6.07) is 19.2. The predicted molar refractivity (Wildman–Crippen MR) is 94.7 cm³/mol. The van der Waals surface area contributed by atoms with Gasteiger partial charge in [-0.15, -0.1) is 0 Å². The van der Waals surface area contributed by atoms with Crippen molar-refractivity contribution < 1.29 is 9.67 Å². The molecule has 0 aliphatic rings. The zero-order valence-corrected chi connectivity index (χ0v) is 13.8. The largest absolute Gasteiger partial charge is 0.389 e. The molecule has 0 saturated carbocycles. The molecule has 2 aromatic rings. The van der Waals surface area contributed by atoms with Crippen molar-refractivity contribution in [2.24, 2.45) is 0 Å². The quantitative estimate of drug-likeness (QED) is 0.625. The molecule has 116 valence electrons. The highest BCUT2D eigenvalue weighted by Crippen LogP contribution is 2.43. The summed E-state index contributed by atoms with van der Waals surface area (Å²) in [4.78, 5) is 0. The van der Waals surface area contributed by atoms with Crippen LogP contribution in [-0.2, 0) is 4.57 Å². The molecule has 0 spiro atoms. The van der Waals surface area contributed by atoms with Crippen LogP contribution in [0.25, 0.3) is 0 Å². The molecule has 0 heterocycles. The Bertz CT molecular complexity index is 591. The summed E-state index contributed by atoms with van der Waals surface area (Å²) in [5.41, 5.74) is 0. The summed E-state index contributed by atoms with van der Waals surface area (Å²) in [6.45, 7) is 2.04. The van der Waals surface area contributed by atoms with Crippen LogP contribution in [0.15, 0.2) is 72.8 Å². The lowest BCUT2D eigenvalue weighted by Crippen LogP contribution is -2.17. The lowest BCUT2D eigenvalue weighted by atomic mass is 10.2. The first-order valence-electron chi connectivity index (χ1n) is 7.72. The zero-order chi connectivity index (χ0) is 15.8. The van der Waals surface area contributed by atoms with E-state index in [0.717, 1.165) is 23.5 Å². The van der Waals surface area contributed by atoms with Gasteiger partial charge in [0.25, 0.3) is 0 Å². The van der Waals surface area contributed by atoms with Crippen molar-refractivity contribution in [3.05, 3.63) is 72.8 Å². The van der Waals surface area contributed by atoms with Gasteiger partial charge in [-0.05, 0) is 6.42 Å². The van der Waals surface area contributed by atoms with Crippen LogP contribution in [0, 0.1) is 0 Å². The van der Waals surface area contributed by atoms with Crippen molar-refractivity contribution in [3.8, 4) is 0 Å². The summed E-state index contributed by atoms with van der Waals surface area (Å²) in [5, 5.41) is 11.5. The Hall–Kier alpha value is -1.63. The minimum Gasteiger partial charge on any atom is -0.389 e. The number of allylic oxidation sites excluding steroid dienone is 1. The van der Waals surface area contributed by atoms with E-state index in [4.69, 9.17) is 0 Å². The molecule has 0 aliphatic carbocycles. The zero-order valence-electron chi connectivity index (χ0n) is 12.9. The Kier molecular flexibility index (Phi) is 6.18. The highest BCUT2D eigenvalue weighted by Gasteiger charge is 2.25. The van der Waals surface area contributed by atoms with Crippen molar-refractivity contribution in [1.29, 1.82) is 0 Å². The first-order chi connectivity index (χ1) is 10.7. The summed E-state index contributed by atoms with van der Waals surface area (Å²) in [5.74, 6) is 0. The second kappa shape index (κ2) is 8.12. The predicted octanol–water partition coefficient (Wildman–Crippen LogP) is 3.72. The Morgan fingerprint density at radius 3 is 1.95 bits per heavy atom. The molecule has 0 aromatic heterocycles. The maximum absolute atomic E-state index is 13.6. The van der Waals surface area contributed by atoms with E-state index >= 15 is 0 Å². The van der Waals surface area contributed by atoms with E-state index in [1.165, 1.54) is 0 Å². The fourth-order valence-corrected chi connectivity index (χ4v) is 4.90. The van der Waals surface area contributed by atoms with Crippen molar-refractivity contribution in [2.75, 3.05) is 6.16 Å². The van der Waals surface area contributed by atoms with Gasteiger partial charge in [0.05, 0.1) is 6.10 Å². The molecule has 0 amide bonds. The third kappa shape index (κ3) is 4.19. The summed E-state index contributed by atoms with van der Waals surface area (Å²) in [6.07, 6.45) is 5.27. The summed E-state index contributed by atoms with van der Waals surface area (Å²) in [7, 11) is -2.70. The van der Waals surface area contributed by atoms with E-state index in [1.54, 1.807) is 6.08 Å². The smallest absolute Gasteiger partial charge is 0.146 e. The van der Waals surface area contributed by atoms with Gasteiger partial charge in [-0.1, -0.05) is 86.2 Å². The molecule has 2 nitrogen and oxygen atoms in total. The number of rotatable bonds is 7. The topological polar surface area (TPSA) is 37.3 Å². The molecule has 0 saturated heterocycles. The first-order valence-corrected chi connectivity index (χ1v) is 9.61. The van der Waals surface area contributed by atoms with E-state index in [-0.39, 0.29) is 0 Å². The third-order valence-corrected chi connectivity index (χ3v) is 6.64. The molecule has 0 radical (unpaired) electrons. The van der Waals surface area contributed by atoms with Crippen LogP contribution in [0.4, 0.5) is 0 Å². The van der Waals surface area contributed by atoms with Crippen molar-refractivity contribution in [2.45, 2.75) is 25.9 Å². The van der Waals surface area contributed by atoms with Crippen LogP contribution in [0.3, 0.4) is 0 Å². The molecular formula is C19H23O2P. The van der Waals surface area contributed by atoms with Crippen LogP contribution >= 0.6 is 7.14 Å². The molecule has 2 rings (SSSR count). The van der Waals surface area contributed by atoms with E-state index in [9.17, 15) is 9.67 Å². The van der Waals surface area contributed by atoms with Gasteiger partial charge in [-0.25, -0.2) is 0 Å². The average molecular weight is 314 g/mol. The van der Waals surface area contributed by atoms with Gasteiger partial charge >= 0.3 is 0 Å². The van der Waals surface area contributed by atoms with Crippen molar-refractivity contribution >= 4 is 17.8 Å². The Labute approximate surface area is 132 Å². The van der Waals surface area contributed by atoms with Gasteiger partial charge in [0.1, 0.15) is 7.14 Å². The van der Waals surface area contributed by atoms with Crippen LogP contribution < -0.4 is 10.6 Å². The Morgan fingerprint density at radius 2 is 1.50 bits per heavy atom. The molecular weight excluding hydrogens is 291 g/mol. The monoisotopic (exact) mass is 314 g/mol. The standard InChI is InChI=1S/C19H23O2P/c1-2-10-17(20)11-9-16-22(21,18-12-5-3-6-13-18)19-14-7-4-8-15-19/h3-9,11-15,17,20H,2,10,16H2,1H3/b11-9+. The lowest BCUT2D eigenvalue weighted by molar-refractivity contribution is 0.211. The second-order valence-electron chi connectivity index (χ2n) is 5.38. The van der Waals surface area contributed by atoms with Crippen LogP contribution in [0.2, 0.25) is 0 Å². The minimum absolute atomic E-state index is 0.432. The van der Waals surface area contributed by atoms with Crippen molar-refractivity contribution in [1.82, 2.24) is 0 Å². The molecule has 2 aromatic carbocycles. The van der Waals surface area contributed by atoms with E-state index < -0.39 is 13.2 Å². The number of aliphatic hydroxyl groups is 1. The molecule has 0 fully saturated rings. The van der Waals surface area contributed by atoms with Gasteiger partial charge in [0.15, 0.2) is 0 Å². The van der Waals surface area contributed by atoms with E-state index in [1.807, 2.05) is 73.7 Å². The van der Waals surface area contributed by atoms with Gasteiger partial charge in [-0.2, -0.15) is 0 Å². The van der Waals surface area contributed by atoms with Crippen molar-refractivity contribution in [3.63, 3.8) is 0 Å². The summed E-state index contributed by atoms with van der Waals surface area (Å²) >= 11 is 0. The third-order valence-electron chi connectivity index (χ3n) is 3.65. The highest BCUT2D eigenvalue weighted by molar-refractivity contribution is 7.78. The number of hydrogen-bond acceptors (Lipinski definition) is 2. The fourth-order valence-electron chi connectivity index (χ4n) is 2.46. The molecule has 3 heteroatoms. The lowest BCUT2D eigenvalue weighted by Gasteiger charge is -2.18. The Morgan fingerprint density at radius 1 is 1.00 bits per heavy atom. The Balaban J connectivity index is 2.30. The van der Waals surface area contributed by atoms with E-state index in [2.05, 4.69) is 0 Å². The fraction of sp³-hybridized carbons (Fsp3) is 0.263. The molecule has 22 heavy (non-hydrogen) atoms. The maximum atomic E-state index is 13.6. The number of hydrogen-bond donors (Lipinski definition) is 1. The highest BCUT2D eigenvalue weighted by atomic mass is 31.2. The molecule has 0 bridgehead atoms.